The molecule has 4 aliphatic heterocycles. The van der Waals surface area contributed by atoms with Crippen molar-refractivity contribution in [2.24, 2.45) is 11.8 Å². The molecule has 1 aromatic heterocycles. The normalized spacial score (nSPS) is 22.1. The molecule has 17 heteroatoms. The maximum Gasteiger partial charge on any atom is 0.264 e. The molecule has 4 aromatic rings. The summed E-state index contributed by atoms with van der Waals surface area (Å²) < 4.78 is 53.4. The van der Waals surface area contributed by atoms with E-state index >= 15 is 8.78 Å². The number of imide groups is 1. The number of halogens is 5. The third-order valence-corrected chi connectivity index (χ3v) is 14.5. The Morgan fingerprint density at radius 1 is 0.892 bits per heavy atom. The molecule has 4 amide bonds. The Bertz CT molecular complexity index is 2560. The minimum absolute atomic E-state index is 0.00935. The molecule has 65 heavy (non-hydrogen) atoms. The van der Waals surface area contributed by atoms with Crippen LogP contribution in [-0.4, -0.2) is 107 Å². The van der Waals surface area contributed by atoms with E-state index in [2.05, 4.69) is 26.8 Å². The third kappa shape index (κ3) is 9.16. The van der Waals surface area contributed by atoms with Crippen LogP contribution in [0, 0.1) is 29.3 Å². The number of nitrogens with one attached hydrogen (secondary N) is 1. The Kier molecular flexibility index (Phi) is 13.1. The molecule has 3 aromatic carbocycles. The van der Waals surface area contributed by atoms with Crippen LogP contribution in [0.1, 0.15) is 85.2 Å². The molecule has 5 heterocycles. The Balaban J connectivity index is 0.774. The molecule has 3 saturated heterocycles. The number of ether oxygens (including phenoxy) is 1. The van der Waals surface area contributed by atoms with E-state index in [1.165, 1.54) is 29.4 Å². The van der Waals surface area contributed by atoms with Gasteiger partial charge in [-0.15, -0.1) is 0 Å². The number of aromatic nitrogens is 2. The highest BCUT2D eigenvalue weighted by Gasteiger charge is 2.41. The number of anilines is 1. The first-order valence-electron chi connectivity index (χ1n) is 22.5. The first-order valence-corrected chi connectivity index (χ1v) is 23.2. The summed E-state index contributed by atoms with van der Waals surface area (Å²) in [6.45, 7) is 8.37. The van der Waals surface area contributed by atoms with Gasteiger partial charge in [-0.05, 0) is 111 Å². The highest BCUT2D eigenvalue weighted by molar-refractivity contribution is 6.41. The van der Waals surface area contributed by atoms with Gasteiger partial charge in [0.25, 0.3) is 11.8 Å². The van der Waals surface area contributed by atoms with Crippen LogP contribution in [0.15, 0.2) is 54.3 Å². The van der Waals surface area contributed by atoms with Crippen molar-refractivity contribution in [3.05, 3.63) is 93.5 Å². The predicted octanol–water partition coefficient (Wildman–Crippen LogP) is 7.98. The van der Waals surface area contributed by atoms with E-state index in [4.69, 9.17) is 27.9 Å². The van der Waals surface area contributed by atoms with Gasteiger partial charge in [0.1, 0.15) is 41.1 Å². The molecule has 1 unspecified atom stereocenters. The van der Waals surface area contributed by atoms with Crippen LogP contribution in [0.2, 0.25) is 5.02 Å². The number of fused-ring (bicyclic) bond motifs is 2. The number of likely N-dealkylation sites (tertiary alicyclic amines) is 1. The molecular weight excluding hydrogens is 882 g/mol. The van der Waals surface area contributed by atoms with Crippen LogP contribution >= 0.6 is 23.2 Å². The summed E-state index contributed by atoms with van der Waals surface area (Å²) in [7, 11) is 0. The SMILES string of the molecule is C=C(Cl)C(=O)N1CCN(c2ncnc3c(F)c(-c4c(F)cccc4OCCC4CCC(CN5CCC(c6cc(F)cc7c6CN(C6CCC(=O)NC6=O)C7=O)CC5)CC4)c(Cl)cc23)CC1. The summed E-state index contributed by atoms with van der Waals surface area (Å²) in [4.78, 5) is 66.2. The average molecular weight is 933 g/mol. The number of piperazine rings is 1. The summed E-state index contributed by atoms with van der Waals surface area (Å²) >= 11 is 12.6. The number of rotatable bonds is 11. The highest BCUT2D eigenvalue weighted by atomic mass is 35.5. The molecule has 1 atom stereocenters. The Morgan fingerprint density at radius 3 is 2.35 bits per heavy atom. The second kappa shape index (κ2) is 18.9. The number of hydrogen-bond acceptors (Lipinski definition) is 9. The molecule has 9 rings (SSSR count). The molecular formula is C48H50Cl2F3N7O5. The summed E-state index contributed by atoms with van der Waals surface area (Å²) in [5, 5.41) is 2.63. The van der Waals surface area contributed by atoms with Crippen LogP contribution < -0.4 is 15.0 Å². The zero-order valence-corrected chi connectivity index (χ0v) is 37.4. The Hall–Kier alpha value is -5.25. The second-order valence-corrected chi connectivity index (χ2v) is 18.8. The van der Waals surface area contributed by atoms with Gasteiger partial charge in [-0.3, -0.25) is 24.5 Å². The van der Waals surface area contributed by atoms with E-state index in [1.807, 2.05) is 4.90 Å². The fraction of sp³-hybridized carbons (Fsp3) is 0.458. The molecule has 0 radical (unpaired) electrons. The fourth-order valence-electron chi connectivity index (χ4n) is 10.6. The number of amides is 4. The van der Waals surface area contributed by atoms with Crippen LogP contribution in [0.3, 0.4) is 0 Å². The molecule has 342 valence electrons. The molecule has 4 fully saturated rings. The molecule has 5 aliphatic rings. The lowest BCUT2D eigenvalue weighted by Gasteiger charge is -2.37. The lowest BCUT2D eigenvalue weighted by Crippen LogP contribution is -2.52. The van der Waals surface area contributed by atoms with Gasteiger partial charge in [-0.2, -0.15) is 0 Å². The lowest BCUT2D eigenvalue weighted by atomic mass is 9.80. The van der Waals surface area contributed by atoms with E-state index in [0.717, 1.165) is 75.7 Å². The van der Waals surface area contributed by atoms with Crippen molar-refractivity contribution >= 4 is 63.6 Å². The van der Waals surface area contributed by atoms with Crippen molar-refractivity contribution < 1.29 is 37.1 Å². The molecule has 1 aliphatic carbocycles. The zero-order valence-electron chi connectivity index (χ0n) is 35.9. The molecule has 1 N–H and O–H groups in total. The monoisotopic (exact) mass is 931 g/mol. The fourth-order valence-corrected chi connectivity index (χ4v) is 11.0. The topological polar surface area (TPSA) is 128 Å². The Morgan fingerprint density at radius 2 is 1.63 bits per heavy atom. The van der Waals surface area contributed by atoms with Crippen molar-refractivity contribution in [1.82, 2.24) is 30.0 Å². The first-order chi connectivity index (χ1) is 31.3. The number of hydrogen-bond donors (Lipinski definition) is 1. The molecule has 0 bridgehead atoms. The number of piperidine rings is 2. The number of nitrogens with zero attached hydrogens (tertiary/aromatic N) is 6. The summed E-state index contributed by atoms with van der Waals surface area (Å²) in [6.07, 6.45) is 8.35. The van der Waals surface area contributed by atoms with E-state index in [-0.39, 0.29) is 75.5 Å². The number of carbonyl (C=O) groups is 4. The van der Waals surface area contributed by atoms with E-state index in [9.17, 15) is 23.6 Å². The van der Waals surface area contributed by atoms with Crippen molar-refractivity contribution in [3.8, 4) is 16.9 Å². The molecule has 0 spiro atoms. The quantitative estimate of drug-likeness (QED) is 0.118. The van der Waals surface area contributed by atoms with Gasteiger partial charge in [-0.1, -0.05) is 48.7 Å². The van der Waals surface area contributed by atoms with E-state index < -0.39 is 29.4 Å². The van der Waals surface area contributed by atoms with Gasteiger partial charge in [0.2, 0.25) is 11.8 Å². The van der Waals surface area contributed by atoms with Crippen LogP contribution in [0.25, 0.3) is 22.0 Å². The van der Waals surface area contributed by atoms with Crippen molar-refractivity contribution in [1.29, 1.82) is 0 Å². The lowest BCUT2D eigenvalue weighted by molar-refractivity contribution is -0.137. The summed E-state index contributed by atoms with van der Waals surface area (Å²) in [5.74, 6) is -1.71. The average Bonchev–Trinajstić information content (AvgIpc) is 3.62. The Labute approximate surface area is 385 Å². The van der Waals surface area contributed by atoms with Gasteiger partial charge < -0.3 is 24.3 Å². The van der Waals surface area contributed by atoms with Gasteiger partial charge in [0.05, 0.1) is 22.2 Å². The van der Waals surface area contributed by atoms with E-state index in [1.54, 1.807) is 23.1 Å². The predicted molar refractivity (Wildman–Crippen MR) is 240 cm³/mol. The minimum atomic E-state index is -0.784. The van der Waals surface area contributed by atoms with Gasteiger partial charge in [-0.25, -0.2) is 23.1 Å². The van der Waals surface area contributed by atoms with Crippen molar-refractivity contribution in [2.45, 2.75) is 76.3 Å². The smallest absolute Gasteiger partial charge is 0.264 e. The van der Waals surface area contributed by atoms with E-state index in [0.29, 0.717) is 61.4 Å². The van der Waals surface area contributed by atoms with Gasteiger partial charge in [0, 0.05) is 62.2 Å². The standard InChI is InChI=1S/C48H50Cl2F3N7O5/c1-27(49)47(63)59-18-16-58(17-19-59)45-34-23-36(50)41(43(53)44(34)54-26-55-45)42-37(52)3-2-4-39(42)65-20-13-28-5-7-29(8-6-28)24-57-14-11-30(12-15-57)32-21-31(51)22-33-35(32)25-60(48(33)64)38-9-10-40(61)56-46(38)62/h2-4,21-23,26,28-30,38H,1,5-20,24-25H2,(H,56,61,62). The minimum Gasteiger partial charge on any atom is -0.493 e. The number of benzene rings is 3. The first kappa shape index (κ1) is 44.9. The maximum atomic E-state index is 16.5. The van der Waals surface area contributed by atoms with Crippen molar-refractivity contribution in [2.75, 3.05) is 57.3 Å². The zero-order chi connectivity index (χ0) is 45.5. The van der Waals surface area contributed by atoms with Gasteiger partial charge in [0.15, 0.2) is 5.82 Å². The maximum absolute atomic E-state index is 16.5. The summed E-state index contributed by atoms with van der Waals surface area (Å²) in [5.41, 5.74) is 1.75. The summed E-state index contributed by atoms with van der Waals surface area (Å²) in [6, 6.07) is 8.05. The largest absolute Gasteiger partial charge is 0.493 e. The third-order valence-electron chi connectivity index (χ3n) is 14.1. The van der Waals surface area contributed by atoms with Crippen LogP contribution in [-0.2, 0) is 20.9 Å². The molecule has 1 saturated carbocycles. The van der Waals surface area contributed by atoms with Crippen LogP contribution in [0.4, 0.5) is 19.0 Å². The number of carbonyl (C=O) groups excluding carboxylic acids is 4. The van der Waals surface area contributed by atoms with Crippen molar-refractivity contribution in [3.63, 3.8) is 0 Å². The highest BCUT2D eigenvalue weighted by Crippen LogP contribution is 2.44. The van der Waals surface area contributed by atoms with Gasteiger partial charge >= 0.3 is 0 Å². The van der Waals surface area contributed by atoms with Crippen LogP contribution in [0.5, 0.6) is 5.75 Å². The second-order valence-electron chi connectivity index (χ2n) is 18.0. The molecule has 12 nitrogen and oxygen atoms in total.